The molecule has 1 aromatic rings. The van der Waals surface area contributed by atoms with E-state index in [-0.39, 0.29) is 0 Å². The van der Waals surface area contributed by atoms with Crippen LogP contribution < -0.4 is 4.72 Å². The number of rotatable bonds is 4. The first-order valence-corrected chi connectivity index (χ1v) is 7.41. The summed E-state index contributed by atoms with van der Waals surface area (Å²) in [6.07, 6.45) is 2.17. The molecule has 0 aromatic carbocycles. The van der Waals surface area contributed by atoms with E-state index >= 15 is 0 Å². The van der Waals surface area contributed by atoms with Crippen molar-refractivity contribution < 1.29 is 12.9 Å². The van der Waals surface area contributed by atoms with E-state index in [1.165, 1.54) is 0 Å². The highest BCUT2D eigenvalue weighted by atomic mass is 32.2. The van der Waals surface area contributed by atoms with Crippen LogP contribution in [0.25, 0.3) is 0 Å². The number of aromatic nitrogens is 2. The molecule has 1 saturated carbocycles. The molecule has 1 fully saturated rings. The highest BCUT2D eigenvalue weighted by molar-refractivity contribution is 7.88. The lowest BCUT2D eigenvalue weighted by atomic mass is 10.1. The van der Waals surface area contributed by atoms with Crippen molar-refractivity contribution in [3.63, 3.8) is 0 Å². The molecule has 1 aromatic heterocycles. The molecule has 0 spiro atoms. The van der Waals surface area contributed by atoms with Gasteiger partial charge in [0.15, 0.2) is 5.82 Å². The van der Waals surface area contributed by atoms with Crippen molar-refractivity contribution in [3.8, 4) is 0 Å². The van der Waals surface area contributed by atoms with Gasteiger partial charge in [-0.25, -0.2) is 13.1 Å². The molecule has 0 radical (unpaired) electrons. The Labute approximate surface area is 101 Å². The molecule has 0 amide bonds. The van der Waals surface area contributed by atoms with Crippen molar-refractivity contribution in [2.24, 2.45) is 5.92 Å². The lowest BCUT2D eigenvalue weighted by Gasteiger charge is -2.20. The highest BCUT2D eigenvalue weighted by Crippen LogP contribution is 2.46. The van der Waals surface area contributed by atoms with Crippen LogP contribution in [0.4, 0.5) is 0 Å². The van der Waals surface area contributed by atoms with Crippen molar-refractivity contribution in [1.29, 1.82) is 0 Å². The van der Waals surface area contributed by atoms with Gasteiger partial charge in [-0.3, -0.25) is 0 Å². The molecule has 17 heavy (non-hydrogen) atoms. The van der Waals surface area contributed by atoms with Gasteiger partial charge < -0.3 is 4.52 Å². The van der Waals surface area contributed by atoms with Crippen LogP contribution in [0.1, 0.15) is 44.8 Å². The van der Waals surface area contributed by atoms with Crippen molar-refractivity contribution in [3.05, 3.63) is 11.7 Å². The van der Waals surface area contributed by atoms with E-state index in [0.717, 1.165) is 12.7 Å². The second-order valence-electron chi connectivity index (χ2n) is 5.27. The van der Waals surface area contributed by atoms with E-state index in [4.69, 9.17) is 4.52 Å². The molecule has 7 heteroatoms. The van der Waals surface area contributed by atoms with Gasteiger partial charge in [-0.2, -0.15) is 4.98 Å². The minimum absolute atomic E-state index is 0.338. The monoisotopic (exact) mass is 259 g/mol. The smallest absolute Gasteiger partial charge is 0.230 e. The SMILES string of the molecule is C[C@H]1C[C@@H]1c1nc(C(C)(C)NS(C)(=O)=O)no1. The topological polar surface area (TPSA) is 85.1 Å². The first-order chi connectivity index (χ1) is 7.69. The molecule has 1 heterocycles. The summed E-state index contributed by atoms with van der Waals surface area (Å²) in [5.74, 6) is 1.90. The Kier molecular flexibility index (Phi) is 2.78. The molecule has 6 nitrogen and oxygen atoms in total. The van der Waals surface area contributed by atoms with Gasteiger partial charge >= 0.3 is 0 Å². The molecule has 0 bridgehead atoms. The fourth-order valence-corrected chi connectivity index (χ4v) is 2.83. The second kappa shape index (κ2) is 3.78. The fraction of sp³-hybridized carbons (Fsp3) is 0.800. The number of hydrogen-bond acceptors (Lipinski definition) is 5. The van der Waals surface area contributed by atoms with Gasteiger partial charge in [0.2, 0.25) is 15.9 Å². The number of hydrogen-bond donors (Lipinski definition) is 1. The number of nitrogens with zero attached hydrogens (tertiary/aromatic N) is 2. The average molecular weight is 259 g/mol. The van der Waals surface area contributed by atoms with E-state index in [1.54, 1.807) is 13.8 Å². The van der Waals surface area contributed by atoms with Crippen LogP contribution in [0.15, 0.2) is 4.52 Å². The van der Waals surface area contributed by atoms with Crippen molar-refractivity contribution in [2.75, 3.05) is 6.26 Å². The molecular weight excluding hydrogens is 242 g/mol. The Balaban J connectivity index is 2.19. The van der Waals surface area contributed by atoms with Gasteiger partial charge in [0.25, 0.3) is 0 Å². The summed E-state index contributed by atoms with van der Waals surface area (Å²) in [6, 6.07) is 0. The Bertz CT molecular complexity index is 521. The van der Waals surface area contributed by atoms with E-state index in [9.17, 15) is 8.42 Å². The van der Waals surface area contributed by atoms with Crippen molar-refractivity contribution in [1.82, 2.24) is 14.9 Å². The average Bonchev–Trinajstić information content (AvgIpc) is 2.67. The van der Waals surface area contributed by atoms with Crippen LogP contribution in [-0.4, -0.2) is 24.8 Å². The van der Waals surface area contributed by atoms with E-state index in [1.807, 2.05) is 0 Å². The third-order valence-corrected chi connectivity index (χ3v) is 3.75. The largest absolute Gasteiger partial charge is 0.339 e. The summed E-state index contributed by atoms with van der Waals surface area (Å²) >= 11 is 0. The number of sulfonamides is 1. The summed E-state index contributed by atoms with van der Waals surface area (Å²) in [5, 5.41) is 3.85. The van der Waals surface area contributed by atoms with E-state index in [0.29, 0.717) is 23.6 Å². The van der Waals surface area contributed by atoms with Gasteiger partial charge in [-0.15, -0.1) is 0 Å². The maximum atomic E-state index is 11.2. The third-order valence-electron chi connectivity index (χ3n) is 2.87. The molecule has 96 valence electrons. The van der Waals surface area contributed by atoms with Crippen LogP contribution >= 0.6 is 0 Å². The molecular formula is C10H17N3O3S. The van der Waals surface area contributed by atoms with E-state index in [2.05, 4.69) is 21.8 Å². The van der Waals surface area contributed by atoms with Crippen LogP contribution in [-0.2, 0) is 15.6 Å². The minimum Gasteiger partial charge on any atom is -0.339 e. The lowest BCUT2D eigenvalue weighted by molar-refractivity contribution is 0.352. The molecule has 0 saturated heterocycles. The molecule has 2 rings (SSSR count). The maximum absolute atomic E-state index is 11.2. The Hall–Kier alpha value is -0.950. The molecule has 1 aliphatic rings. The normalized spacial score (nSPS) is 24.9. The molecule has 1 aliphatic carbocycles. The third kappa shape index (κ3) is 2.84. The van der Waals surface area contributed by atoms with Crippen LogP contribution in [0.3, 0.4) is 0 Å². The van der Waals surface area contributed by atoms with Crippen LogP contribution in [0.2, 0.25) is 0 Å². The zero-order valence-electron chi connectivity index (χ0n) is 10.4. The summed E-state index contributed by atoms with van der Waals surface area (Å²) in [4.78, 5) is 4.27. The van der Waals surface area contributed by atoms with Crippen molar-refractivity contribution >= 4 is 10.0 Å². The fourth-order valence-electron chi connectivity index (χ4n) is 1.81. The summed E-state index contributed by atoms with van der Waals surface area (Å²) in [7, 11) is -3.31. The Morgan fingerprint density at radius 3 is 2.53 bits per heavy atom. The van der Waals surface area contributed by atoms with Crippen molar-refractivity contribution in [2.45, 2.75) is 38.6 Å². The van der Waals surface area contributed by atoms with Crippen LogP contribution in [0, 0.1) is 5.92 Å². The summed E-state index contributed by atoms with van der Waals surface area (Å²) in [5.41, 5.74) is -0.854. The Morgan fingerprint density at radius 1 is 1.47 bits per heavy atom. The van der Waals surface area contributed by atoms with Gasteiger partial charge in [0, 0.05) is 5.92 Å². The standard InChI is InChI=1S/C10H17N3O3S/c1-6-5-7(6)8-11-9(12-16-8)10(2,3)13-17(4,14)15/h6-7,13H,5H2,1-4H3/t6-,7-/m0/s1. The second-order valence-corrected chi connectivity index (χ2v) is 7.02. The zero-order chi connectivity index (χ0) is 12.8. The highest BCUT2D eigenvalue weighted by Gasteiger charge is 2.40. The molecule has 0 aliphatic heterocycles. The predicted molar refractivity (Wildman–Crippen MR) is 61.8 cm³/mol. The Morgan fingerprint density at radius 2 is 2.06 bits per heavy atom. The minimum atomic E-state index is -3.31. The lowest BCUT2D eigenvalue weighted by Crippen LogP contribution is -2.41. The maximum Gasteiger partial charge on any atom is 0.230 e. The predicted octanol–water partition coefficient (Wildman–Crippen LogP) is 0.977. The zero-order valence-corrected chi connectivity index (χ0v) is 11.2. The first-order valence-electron chi connectivity index (χ1n) is 5.52. The van der Waals surface area contributed by atoms with Gasteiger partial charge in [-0.1, -0.05) is 12.1 Å². The molecule has 1 N–H and O–H groups in total. The summed E-state index contributed by atoms with van der Waals surface area (Å²) in [6.45, 7) is 5.53. The van der Waals surface area contributed by atoms with Gasteiger partial charge in [-0.05, 0) is 26.2 Å². The molecule has 0 unspecified atom stereocenters. The van der Waals surface area contributed by atoms with Crippen LogP contribution in [0.5, 0.6) is 0 Å². The van der Waals surface area contributed by atoms with E-state index < -0.39 is 15.6 Å². The van der Waals surface area contributed by atoms with Gasteiger partial charge in [0.1, 0.15) is 0 Å². The number of nitrogens with one attached hydrogen (secondary N) is 1. The summed E-state index contributed by atoms with van der Waals surface area (Å²) < 4.78 is 30.1. The quantitative estimate of drug-likeness (QED) is 0.871. The first kappa shape index (κ1) is 12.5. The molecule has 2 atom stereocenters. The van der Waals surface area contributed by atoms with Gasteiger partial charge in [0.05, 0.1) is 11.8 Å².